The van der Waals surface area contributed by atoms with Crippen LogP contribution < -0.4 is 10.1 Å². The minimum Gasteiger partial charge on any atom is -0.496 e. The largest absolute Gasteiger partial charge is 0.496 e. The number of nitrogens with zero attached hydrogens (tertiary/aromatic N) is 3. The Hall–Kier alpha value is -3.18. The standard InChI is InChI=1S/C20H20N4O5S2/c1-3-24-18(15-9-6-10-30-15)22-23-20(24)31-12-17(26)29-11-16(25)21-19(27)13-7-4-5-8-14(13)28-2/h4-10H,3,11-12H2,1-2H3,(H,21,25,27). The summed E-state index contributed by atoms with van der Waals surface area (Å²) in [5, 5.41) is 13.0. The minimum atomic E-state index is -0.731. The fraction of sp³-hybridized carbons (Fsp3) is 0.250. The van der Waals surface area contributed by atoms with E-state index in [0.717, 1.165) is 10.7 Å². The first-order chi connectivity index (χ1) is 15.0. The lowest BCUT2D eigenvalue weighted by Gasteiger charge is -2.09. The van der Waals surface area contributed by atoms with Crippen LogP contribution in [0.4, 0.5) is 0 Å². The Kier molecular flexibility index (Phi) is 7.79. The van der Waals surface area contributed by atoms with Gasteiger partial charge >= 0.3 is 5.97 Å². The van der Waals surface area contributed by atoms with E-state index in [1.54, 1.807) is 29.5 Å². The van der Waals surface area contributed by atoms with Gasteiger partial charge in [-0.1, -0.05) is 30.0 Å². The summed E-state index contributed by atoms with van der Waals surface area (Å²) in [7, 11) is 1.43. The second-order valence-corrected chi connectivity index (χ2v) is 7.94. The second-order valence-electron chi connectivity index (χ2n) is 6.05. The van der Waals surface area contributed by atoms with Gasteiger partial charge in [-0.3, -0.25) is 19.7 Å². The summed E-state index contributed by atoms with van der Waals surface area (Å²) in [6.45, 7) is 2.04. The molecule has 0 fully saturated rings. The Morgan fingerprint density at radius 2 is 1.97 bits per heavy atom. The number of hydrogen-bond acceptors (Lipinski definition) is 9. The molecule has 0 radical (unpaired) electrons. The van der Waals surface area contributed by atoms with Gasteiger partial charge in [-0.05, 0) is 30.5 Å². The van der Waals surface area contributed by atoms with Crippen molar-refractivity contribution in [2.24, 2.45) is 0 Å². The van der Waals surface area contributed by atoms with E-state index in [0.29, 0.717) is 17.5 Å². The van der Waals surface area contributed by atoms with Crippen molar-refractivity contribution in [3.05, 3.63) is 47.3 Å². The maximum absolute atomic E-state index is 12.2. The average molecular weight is 461 g/mol. The Morgan fingerprint density at radius 3 is 2.68 bits per heavy atom. The molecule has 0 atom stereocenters. The lowest BCUT2D eigenvalue weighted by atomic mass is 10.2. The molecule has 9 nitrogen and oxygen atoms in total. The average Bonchev–Trinajstić information content (AvgIpc) is 3.45. The Labute approximate surface area is 186 Å². The number of ether oxygens (including phenoxy) is 2. The van der Waals surface area contributed by atoms with Crippen LogP contribution in [-0.2, 0) is 20.9 Å². The predicted molar refractivity (Wildman–Crippen MR) is 116 cm³/mol. The molecule has 2 aromatic heterocycles. The quantitative estimate of drug-likeness (QED) is 0.383. The van der Waals surface area contributed by atoms with Crippen molar-refractivity contribution in [1.29, 1.82) is 0 Å². The summed E-state index contributed by atoms with van der Waals surface area (Å²) < 4.78 is 12.0. The molecule has 1 N–H and O–H groups in total. The van der Waals surface area contributed by atoms with Gasteiger partial charge in [0.1, 0.15) is 5.75 Å². The van der Waals surface area contributed by atoms with E-state index in [1.807, 2.05) is 29.0 Å². The highest BCUT2D eigenvalue weighted by Crippen LogP contribution is 2.27. The van der Waals surface area contributed by atoms with Gasteiger partial charge in [0.25, 0.3) is 11.8 Å². The van der Waals surface area contributed by atoms with Crippen molar-refractivity contribution in [2.45, 2.75) is 18.6 Å². The number of thiophene rings is 1. The molecule has 3 rings (SSSR count). The first kappa shape index (κ1) is 22.5. The van der Waals surface area contributed by atoms with Crippen molar-refractivity contribution in [2.75, 3.05) is 19.5 Å². The Bertz CT molecular complexity index is 1070. The van der Waals surface area contributed by atoms with Crippen LogP contribution in [0.2, 0.25) is 0 Å². The normalized spacial score (nSPS) is 10.5. The van der Waals surface area contributed by atoms with Gasteiger partial charge in [-0.15, -0.1) is 21.5 Å². The highest BCUT2D eigenvalue weighted by molar-refractivity contribution is 7.99. The number of amides is 2. The number of imide groups is 1. The van der Waals surface area contributed by atoms with Gasteiger partial charge in [0, 0.05) is 6.54 Å². The second kappa shape index (κ2) is 10.7. The zero-order valence-electron chi connectivity index (χ0n) is 16.9. The van der Waals surface area contributed by atoms with Gasteiger partial charge in [0.15, 0.2) is 17.6 Å². The molecule has 0 aliphatic carbocycles. The van der Waals surface area contributed by atoms with E-state index in [-0.39, 0.29) is 11.3 Å². The number of nitrogens with one attached hydrogen (secondary N) is 1. The molecule has 2 amide bonds. The smallest absolute Gasteiger partial charge is 0.316 e. The molecule has 0 saturated carbocycles. The van der Waals surface area contributed by atoms with Crippen LogP contribution in [0.5, 0.6) is 5.75 Å². The van der Waals surface area contributed by atoms with Crippen LogP contribution in [0.1, 0.15) is 17.3 Å². The first-order valence-electron chi connectivity index (χ1n) is 9.26. The molecule has 0 aliphatic rings. The maximum Gasteiger partial charge on any atom is 0.316 e. The highest BCUT2D eigenvalue weighted by Gasteiger charge is 2.18. The third kappa shape index (κ3) is 5.70. The summed E-state index contributed by atoms with van der Waals surface area (Å²) >= 11 is 2.73. The molecular formula is C20H20N4O5S2. The fourth-order valence-corrected chi connectivity index (χ4v) is 4.16. The number of carbonyl (C=O) groups excluding carboxylic acids is 3. The third-order valence-corrected chi connectivity index (χ3v) is 5.87. The van der Waals surface area contributed by atoms with Crippen LogP contribution in [0.25, 0.3) is 10.7 Å². The van der Waals surface area contributed by atoms with E-state index in [4.69, 9.17) is 9.47 Å². The van der Waals surface area contributed by atoms with E-state index in [2.05, 4.69) is 15.5 Å². The van der Waals surface area contributed by atoms with Crippen molar-refractivity contribution in [3.8, 4) is 16.5 Å². The summed E-state index contributed by atoms with van der Waals surface area (Å²) in [5.41, 5.74) is 0.209. The molecule has 0 saturated heterocycles. The van der Waals surface area contributed by atoms with Crippen LogP contribution in [-0.4, -0.2) is 52.0 Å². The predicted octanol–water partition coefficient (Wildman–Crippen LogP) is 2.63. The monoisotopic (exact) mass is 460 g/mol. The first-order valence-corrected chi connectivity index (χ1v) is 11.1. The fourth-order valence-electron chi connectivity index (χ4n) is 2.64. The summed E-state index contributed by atoms with van der Waals surface area (Å²) in [6, 6.07) is 10.4. The lowest BCUT2D eigenvalue weighted by molar-refractivity contribution is -0.145. The maximum atomic E-state index is 12.2. The summed E-state index contributed by atoms with van der Waals surface area (Å²) in [4.78, 5) is 37.2. The van der Waals surface area contributed by atoms with Crippen LogP contribution in [0.3, 0.4) is 0 Å². The third-order valence-electron chi connectivity index (χ3n) is 4.06. The molecule has 2 heterocycles. The number of esters is 1. The molecule has 3 aromatic rings. The topological polar surface area (TPSA) is 112 Å². The number of rotatable bonds is 9. The van der Waals surface area contributed by atoms with Gasteiger partial charge < -0.3 is 14.0 Å². The van der Waals surface area contributed by atoms with Crippen molar-refractivity contribution >= 4 is 40.9 Å². The van der Waals surface area contributed by atoms with Crippen molar-refractivity contribution in [3.63, 3.8) is 0 Å². The number of methoxy groups -OCH3 is 1. The van der Waals surface area contributed by atoms with Gasteiger partial charge in [-0.25, -0.2) is 0 Å². The minimum absolute atomic E-state index is 0.0453. The number of thioether (sulfide) groups is 1. The Balaban J connectivity index is 1.48. The molecule has 0 aliphatic heterocycles. The molecule has 162 valence electrons. The molecule has 0 spiro atoms. The van der Waals surface area contributed by atoms with Gasteiger partial charge in [0.05, 0.1) is 23.3 Å². The van der Waals surface area contributed by atoms with Gasteiger partial charge in [0.2, 0.25) is 0 Å². The van der Waals surface area contributed by atoms with E-state index < -0.39 is 24.4 Å². The number of benzene rings is 1. The molecule has 0 bridgehead atoms. The molecular weight excluding hydrogens is 440 g/mol. The SMILES string of the molecule is CCn1c(SCC(=O)OCC(=O)NC(=O)c2ccccc2OC)nnc1-c1cccs1. The van der Waals surface area contributed by atoms with Crippen molar-refractivity contribution < 1.29 is 23.9 Å². The zero-order valence-corrected chi connectivity index (χ0v) is 18.5. The molecule has 31 heavy (non-hydrogen) atoms. The van der Waals surface area contributed by atoms with E-state index in [9.17, 15) is 14.4 Å². The molecule has 0 unspecified atom stereocenters. The number of hydrogen-bond donors (Lipinski definition) is 1. The highest BCUT2D eigenvalue weighted by atomic mass is 32.2. The van der Waals surface area contributed by atoms with E-state index >= 15 is 0 Å². The molecule has 1 aromatic carbocycles. The number of para-hydroxylation sites is 1. The lowest BCUT2D eigenvalue weighted by Crippen LogP contribution is -2.34. The number of aromatic nitrogens is 3. The van der Waals surface area contributed by atoms with Crippen LogP contribution in [0, 0.1) is 0 Å². The zero-order chi connectivity index (χ0) is 22.2. The van der Waals surface area contributed by atoms with Crippen LogP contribution >= 0.6 is 23.1 Å². The summed E-state index contributed by atoms with van der Waals surface area (Å²) in [6.07, 6.45) is 0. The van der Waals surface area contributed by atoms with Gasteiger partial charge in [-0.2, -0.15) is 0 Å². The Morgan fingerprint density at radius 1 is 1.16 bits per heavy atom. The molecule has 11 heteroatoms. The van der Waals surface area contributed by atoms with E-state index in [1.165, 1.54) is 24.9 Å². The van der Waals surface area contributed by atoms with Crippen molar-refractivity contribution in [1.82, 2.24) is 20.1 Å². The number of carbonyl (C=O) groups is 3. The van der Waals surface area contributed by atoms with Crippen LogP contribution in [0.15, 0.2) is 46.9 Å². The summed E-state index contributed by atoms with van der Waals surface area (Å²) in [5.74, 6) is -0.939.